The molecule has 0 atom stereocenters. The minimum atomic E-state index is -3.56. The third-order valence-corrected chi connectivity index (χ3v) is 7.26. The number of hydrogen-bond acceptors (Lipinski definition) is 4. The molecule has 0 amide bonds. The molecule has 1 aliphatic rings. The molecule has 2 rings (SSSR count). The molecule has 8 heteroatoms. The van der Waals surface area contributed by atoms with Gasteiger partial charge in [-0.1, -0.05) is 25.5 Å². The highest BCUT2D eigenvalue weighted by Crippen LogP contribution is 2.19. The number of aryl methyl sites for hydroxylation is 1. The number of sulfonamides is 2. The van der Waals surface area contributed by atoms with Crippen LogP contribution in [0.25, 0.3) is 0 Å². The van der Waals surface area contributed by atoms with Crippen LogP contribution < -0.4 is 0 Å². The molecule has 0 radical (unpaired) electrons. The van der Waals surface area contributed by atoms with E-state index in [1.807, 2.05) is 12.1 Å². The maximum absolute atomic E-state index is 12.6. The van der Waals surface area contributed by atoms with Crippen LogP contribution in [0.5, 0.6) is 0 Å². The van der Waals surface area contributed by atoms with Crippen LogP contribution in [-0.4, -0.2) is 57.9 Å². The Morgan fingerprint density at radius 3 is 1.91 bits per heavy atom. The summed E-state index contributed by atoms with van der Waals surface area (Å²) in [4.78, 5) is 0.269. The molecular formula is C15H24N2O4S2. The van der Waals surface area contributed by atoms with Crippen LogP contribution in [0.2, 0.25) is 0 Å². The first kappa shape index (κ1) is 18.4. The Bertz CT molecular complexity index is 719. The van der Waals surface area contributed by atoms with Gasteiger partial charge in [0, 0.05) is 26.2 Å². The van der Waals surface area contributed by atoms with Gasteiger partial charge in [0.2, 0.25) is 20.0 Å². The van der Waals surface area contributed by atoms with Gasteiger partial charge in [-0.15, -0.1) is 0 Å². The lowest BCUT2D eigenvalue weighted by Gasteiger charge is -2.32. The first-order valence-electron chi connectivity index (χ1n) is 7.79. The topological polar surface area (TPSA) is 74.8 Å². The van der Waals surface area contributed by atoms with Gasteiger partial charge in [0.05, 0.1) is 11.2 Å². The van der Waals surface area contributed by atoms with E-state index in [1.54, 1.807) is 12.1 Å². The highest BCUT2D eigenvalue weighted by Gasteiger charge is 2.31. The van der Waals surface area contributed by atoms with Crippen LogP contribution in [0.15, 0.2) is 29.2 Å². The first-order chi connectivity index (χ1) is 10.7. The molecule has 0 spiro atoms. The Balaban J connectivity index is 2.07. The fourth-order valence-electron chi connectivity index (χ4n) is 2.60. The van der Waals surface area contributed by atoms with Crippen LogP contribution in [0.3, 0.4) is 0 Å². The molecule has 130 valence electrons. The lowest BCUT2D eigenvalue weighted by Crippen LogP contribution is -2.50. The summed E-state index contributed by atoms with van der Waals surface area (Å²) in [6, 6.07) is 7.00. The van der Waals surface area contributed by atoms with Crippen molar-refractivity contribution in [1.29, 1.82) is 0 Å². The van der Waals surface area contributed by atoms with E-state index in [0.29, 0.717) is 0 Å². The van der Waals surface area contributed by atoms with E-state index in [9.17, 15) is 16.8 Å². The maximum Gasteiger partial charge on any atom is 0.243 e. The van der Waals surface area contributed by atoms with Crippen molar-refractivity contribution < 1.29 is 16.8 Å². The van der Waals surface area contributed by atoms with Crippen molar-refractivity contribution in [3.63, 3.8) is 0 Å². The molecule has 0 bridgehead atoms. The lowest BCUT2D eigenvalue weighted by atomic mass is 10.1. The van der Waals surface area contributed by atoms with Crippen molar-refractivity contribution >= 4 is 20.0 Å². The third-order valence-electron chi connectivity index (χ3n) is 4.05. The summed E-state index contributed by atoms with van der Waals surface area (Å²) >= 11 is 0. The van der Waals surface area contributed by atoms with Gasteiger partial charge >= 0.3 is 0 Å². The molecule has 1 aromatic carbocycles. The van der Waals surface area contributed by atoms with E-state index >= 15 is 0 Å². The standard InChI is InChI=1S/C15H24N2O4S2/c1-3-4-5-14-6-8-15(9-7-14)23(20,21)17-12-10-16(11-13-17)22(2,18)19/h6-9H,3-5,10-13H2,1-2H3. The number of piperazine rings is 1. The molecule has 6 nitrogen and oxygen atoms in total. The molecule has 0 aromatic heterocycles. The summed E-state index contributed by atoms with van der Waals surface area (Å²) in [7, 11) is -6.82. The number of nitrogens with zero attached hydrogens (tertiary/aromatic N) is 2. The van der Waals surface area contributed by atoms with Crippen molar-refractivity contribution in [3.8, 4) is 0 Å². The summed E-state index contributed by atoms with van der Waals surface area (Å²) in [6.07, 6.45) is 4.28. The average Bonchev–Trinajstić information content (AvgIpc) is 2.52. The third kappa shape index (κ3) is 4.53. The molecule has 1 aliphatic heterocycles. The van der Waals surface area contributed by atoms with Gasteiger partial charge in [-0.3, -0.25) is 0 Å². The van der Waals surface area contributed by atoms with E-state index in [2.05, 4.69) is 6.92 Å². The molecule has 1 aromatic rings. The number of rotatable bonds is 6. The Labute approximate surface area is 139 Å². The van der Waals surface area contributed by atoms with Gasteiger partial charge in [0.15, 0.2) is 0 Å². The summed E-state index contributed by atoms with van der Waals surface area (Å²) in [5.74, 6) is 0. The molecule has 1 fully saturated rings. The second-order valence-corrected chi connectivity index (χ2v) is 9.73. The summed E-state index contributed by atoms with van der Waals surface area (Å²) < 4.78 is 50.9. The Kier molecular flexibility index (Phi) is 5.83. The minimum Gasteiger partial charge on any atom is -0.213 e. The summed E-state index contributed by atoms with van der Waals surface area (Å²) in [5.41, 5.74) is 1.13. The van der Waals surface area contributed by atoms with Crippen LogP contribution >= 0.6 is 0 Å². The zero-order chi connectivity index (χ0) is 17.1. The second-order valence-electron chi connectivity index (χ2n) is 5.81. The molecule has 0 unspecified atom stereocenters. The highest BCUT2D eigenvalue weighted by molar-refractivity contribution is 7.89. The molecule has 1 heterocycles. The zero-order valence-electron chi connectivity index (χ0n) is 13.6. The van der Waals surface area contributed by atoms with E-state index in [-0.39, 0.29) is 31.1 Å². The molecular weight excluding hydrogens is 336 g/mol. The highest BCUT2D eigenvalue weighted by atomic mass is 32.2. The Morgan fingerprint density at radius 2 is 1.43 bits per heavy atom. The Morgan fingerprint density at radius 1 is 0.913 bits per heavy atom. The van der Waals surface area contributed by atoms with Gasteiger partial charge in [-0.25, -0.2) is 16.8 Å². The predicted molar refractivity (Wildman–Crippen MR) is 90.2 cm³/mol. The van der Waals surface area contributed by atoms with Crippen molar-refractivity contribution in [2.24, 2.45) is 0 Å². The number of hydrogen-bond donors (Lipinski definition) is 0. The molecule has 1 saturated heterocycles. The quantitative estimate of drug-likeness (QED) is 0.766. The Hall–Kier alpha value is -0.960. The van der Waals surface area contributed by atoms with Gasteiger partial charge in [-0.2, -0.15) is 8.61 Å². The molecule has 0 saturated carbocycles. The smallest absolute Gasteiger partial charge is 0.213 e. The number of benzene rings is 1. The second kappa shape index (κ2) is 7.29. The van der Waals surface area contributed by atoms with Gasteiger partial charge in [0.1, 0.15) is 0 Å². The van der Waals surface area contributed by atoms with Crippen molar-refractivity contribution in [2.75, 3.05) is 32.4 Å². The summed E-state index contributed by atoms with van der Waals surface area (Å²) in [5, 5.41) is 0. The van der Waals surface area contributed by atoms with E-state index in [0.717, 1.165) is 31.1 Å². The minimum absolute atomic E-state index is 0.187. The average molecular weight is 361 g/mol. The fraction of sp³-hybridized carbons (Fsp3) is 0.600. The number of unbranched alkanes of at least 4 members (excludes halogenated alkanes) is 1. The van der Waals surface area contributed by atoms with Crippen LogP contribution in [0.1, 0.15) is 25.3 Å². The molecule has 0 aliphatic carbocycles. The van der Waals surface area contributed by atoms with E-state index in [4.69, 9.17) is 0 Å². The normalized spacial score (nSPS) is 18.2. The monoisotopic (exact) mass is 360 g/mol. The zero-order valence-corrected chi connectivity index (χ0v) is 15.2. The molecule has 23 heavy (non-hydrogen) atoms. The van der Waals surface area contributed by atoms with Gasteiger partial charge in [0.25, 0.3) is 0 Å². The van der Waals surface area contributed by atoms with Crippen LogP contribution in [-0.2, 0) is 26.5 Å². The van der Waals surface area contributed by atoms with E-state index in [1.165, 1.54) is 8.61 Å². The van der Waals surface area contributed by atoms with E-state index < -0.39 is 20.0 Å². The maximum atomic E-state index is 12.6. The van der Waals surface area contributed by atoms with Crippen LogP contribution in [0, 0.1) is 0 Å². The van der Waals surface area contributed by atoms with Crippen molar-refractivity contribution in [3.05, 3.63) is 29.8 Å². The largest absolute Gasteiger partial charge is 0.243 e. The van der Waals surface area contributed by atoms with Gasteiger partial charge < -0.3 is 0 Å². The fourth-order valence-corrected chi connectivity index (χ4v) is 4.85. The molecule has 0 N–H and O–H groups in total. The van der Waals surface area contributed by atoms with Crippen LogP contribution in [0.4, 0.5) is 0 Å². The lowest BCUT2D eigenvalue weighted by molar-refractivity contribution is 0.274. The van der Waals surface area contributed by atoms with Crippen molar-refractivity contribution in [1.82, 2.24) is 8.61 Å². The van der Waals surface area contributed by atoms with Crippen molar-refractivity contribution in [2.45, 2.75) is 31.1 Å². The van der Waals surface area contributed by atoms with Gasteiger partial charge in [-0.05, 0) is 30.5 Å². The predicted octanol–water partition coefficient (Wildman–Crippen LogP) is 1.30. The summed E-state index contributed by atoms with van der Waals surface area (Å²) in [6.45, 7) is 2.90. The first-order valence-corrected chi connectivity index (χ1v) is 11.1. The SMILES string of the molecule is CCCCc1ccc(S(=O)(=O)N2CCN(S(C)(=O)=O)CC2)cc1.